The van der Waals surface area contributed by atoms with Crippen molar-refractivity contribution in [3.8, 4) is 0 Å². The third kappa shape index (κ3) is 2.02. The molecule has 0 atom stereocenters. The number of carboxylic acid groups (broad SMARTS) is 1. The zero-order valence-electron chi connectivity index (χ0n) is 7.70. The van der Waals surface area contributed by atoms with Crippen molar-refractivity contribution in [2.45, 2.75) is 0 Å². The Hall–Kier alpha value is -1.74. The second-order valence-electron chi connectivity index (χ2n) is 3.11. The van der Waals surface area contributed by atoms with E-state index in [-0.39, 0.29) is 0 Å². The van der Waals surface area contributed by atoms with E-state index in [9.17, 15) is 4.79 Å². The first-order chi connectivity index (χ1) is 7.16. The van der Waals surface area contributed by atoms with Gasteiger partial charge in [0.05, 0.1) is 0 Å². The second-order valence-corrected chi connectivity index (χ2v) is 3.52. The SMILES string of the molecule is O=C(O)C=Cc1cc2cc[nH]c2cc1Cl. The molecule has 0 amide bonds. The van der Waals surface area contributed by atoms with Crippen LogP contribution in [0.4, 0.5) is 0 Å². The maximum absolute atomic E-state index is 10.4. The summed E-state index contributed by atoms with van der Waals surface area (Å²) < 4.78 is 0. The van der Waals surface area contributed by atoms with E-state index in [0.717, 1.165) is 17.0 Å². The molecule has 0 radical (unpaired) electrons. The molecule has 2 rings (SSSR count). The Morgan fingerprint density at radius 1 is 1.47 bits per heavy atom. The second kappa shape index (κ2) is 3.79. The number of aromatic amines is 1. The zero-order valence-corrected chi connectivity index (χ0v) is 8.45. The van der Waals surface area contributed by atoms with E-state index in [2.05, 4.69) is 4.98 Å². The van der Waals surface area contributed by atoms with Crippen LogP contribution < -0.4 is 0 Å². The minimum Gasteiger partial charge on any atom is -0.478 e. The summed E-state index contributed by atoms with van der Waals surface area (Å²) in [5.74, 6) is -0.986. The molecule has 3 nitrogen and oxygen atoms in total. The number of hydrogen-bond donors (Lipinski definition) is 2. The highest BCUT2D eigenvalue weighted by molar-refractivity contribution is 6.32. The molecule has 0 saturated heterocycles. The maximum atomic E-state index is 10.4. The third-order valence-electron chi connectivity index (χ3n) is 2.08. The number of aromatic nitrogens is 1. The molecule has 1 heterocycles. The van der Waals surface area contributed by atoms with Crippen LogP contribution in [0.15, 0.2) is 30.5 Å². The summed E-state index contributed by atoms with van der Waals surface area (Å²) >= 11 is 5.98. The van der Waals surface area contributed by atoms with E-state index in [1.54, 1.807) is 6.07 Å². The van der Waals surface area contributed by atoms with Gasteiger partial charge < -0.3 is 10.1 Å². The highest BCUT2D eigenvalue weighted by Crippen LogP contribution is 2.24. The lowest BCUT2D eigenvalue weighted by atomic mass is 10.1. The Bertz CT molecular complexity index is 543. The van der Waals surface area contributed by atoms with Gasteiger partial charge in [0.15, 0.2) is 0 Å². The zero-order chi connectivity index (χ0) is 10.8. The van der Waals surface area contributed by atoms with Crippen LogP contribution in [0.5, 0.6) is 0 Å². The van der Waals surface area contributed by atoms with E-state index in [4.69, 9.17) is 16.7 Å². The summed E-state index contributed by atoms with van der Waals surface area (Å²) in [6.07, 6.45) is 4.36. The van der Waals surface area contributed by atoms with E-state index in [1.165, 1.54) is 6.08 Å². The monoisotopic (exact) mass is 221 g/mol. The first-order valence-corrected chi connectivity index (χ1v) is 4.72. The van der Waals surface area contributed by atoms with Gasteiger partial charge in [0, 0.05) is 28.2 Å². The Labute approximate surface area is 91.0 Å². The summed E-state index contributed by atoms with van der Waals surface area (Å²) in [5.41, 5.74) is 1.64. The van der Waals surface area contributed by atoms with Crippen LogP contribution in [-0.4, -0.2) is 16.1 Å². The van der Waals surface area contributed by atoms with Crippen LogP contribution >= 0.6 is 11.6 Å². The average Bonchev–Trinajstić information content (AvgIpc) is 2.60. The highest BCUT2D eigenvalue weighted by Gasteiger charge is 2.01. The predicted octanol–water partition coefficient (Wildman–Crippen LogP) is 2.92. The average molecular weight is 222 g/mol. The molecule has 4 heteroatoms. The van der Waals surface area contributed by atoms with Gasteiger partial charge in [0.25, 0.3) is 0 Å². The van der Waals surface area contributed by atoms with Gasteiger partial charge in [-0.05, 0) is 29.8 Å². The van der Waals surface area contributed by atoms with Gasteiger partial charge in [-0.25, -0.2) is 4.79 Å². The van der Waals surface area contributed by atoms with Gasteiger partial charge in [-0.1, -0.05) is 11.6 Å². The molecule has 0 bridgehead atoms. The number of fused-ring (bicyclic) bond motifs is 1. The largest absolute Gasteiger partial charge is 0.478 e. The van der Waals surface area contributed by atoms with Crippen molar-refractivity contribution in [1.29, 1.82) is 0 Å². The van der Waals surface area contributed by atoms with E-state index in [0.29, 0.717) is 10.6 Å². The van der Waals surface area contributed by atoms with Crippen LogP contribution in [0.1, 0.15) is 5.56 Å². The molecule has 2 N–H and O–H groups in total. The minimum atomic E-state index is -0.986. The van der Waals surface area contributed by atoms with Crippen molar-refractivity contribution in [2.24, 2.45) is 0 Å². The molecule has 1 aromatic heterocycles. The Kier molecular flexibility index (Phi) is 2.47. The predicted molar refractivity (Wildman–Crippen MR) is 60.0 cm³/mol. The first-order valence-electron chi connectivity index (χ1n) is 4.34. The Morgan fingerprint density at radius 3 is 3.00 bits per heavy atom. The molecule has 2 aromatic rings. The molecule has 0 saturated carbocycles. The molecule has 15 heavy (non-hydrogen) atoms. The summed E-state index contributed by atoms with van der Waals surface area (Å²) in [6, 6.07) is 5.52. The molecule has 0 fully saturated rings. The van der Waals surface area contributed by atoms with Crippen molar-refractivity contribution in [2.75, 3.05) is 0 Å². The number of H-pyrrole nitrogens is 1. The molecule has 0 unspecified atom stereocenters. The third-order valence-corrected chi connectivity index (χ3v) is 2.40. The number of rotatable bonds is 2. The standard InChI is InChI=1S/C11H8ClNO2/c12-9-6-10-8(3-4-13-10)5-7(9)1-2-11(14)15/h1-6,13H,(H,14,15). The Balaban J connectivity index is 2.50. The van der Waals surface area contributed by atoms with Gasteiger partial charge in [-0.2, -0.15) is 0 Å². The van der Waals surface area contributed by atoms with Crippen molar-refractivity contribution in [3.63, 3.8) is 0 Å². The summed E-state index contributed by atoms with van der Waals surface area (Å²) in [6.45, 7) is 0. The molecule has 76 valence electrons. The highest BCUT2D eigenvalue weighted by atomic mass is 35.5. The van der Waals surface area contributed by atoms with Gasteiger partial charge in [0.2, 0.25) is 0 Å². The number of carboxylic acids is 1. The quantitative estimate of drug-likeness (QED) is 0.766. The van der Waals surface area contributed by atoms with Crippen LogP contribution in [0, 0.1) is 0 Å². The number of aliphatic carboxylic acids is 1. The van der Waals surface area contributed by atoms with Gasteiger partial charge in [-0.3, -0.25) is 0 Å². The lowest BCUT2D eigenvalue weighted by Crippen LogP contribution is -1.86. The van der Waals surface area contributed by atoms with E-state index in [1.807, 2.05) is 18.3 Å². The fraction of sp³-hybridized carbons (Fsp3) is 0. The number of nitrogens with one attached hydrogen (secondary N) is 1. The lowest BCUT2D eigenvalue weighted by Gasteiger charge is -1.98. The normalized spacial score (nSPS) is 11.3. The van der Waals surface area contributed by atoms with E-state index < -0.39 is 5.97 Å². The molecular weight excluding hydrogens is 214 g/mol. The summed E-state index contributed by atoms with van der Waals surface area (Å²) in [7, 11) is 0. The number of carbonyl (C=O) groups is 1. The Morgan fingerprint density at radius 2 is 2.27 bits per heavy atom. The summed E-state index contributed by atoms with van der Waals surface area (Å²) in [5, 5.41) is 10.0. The minimum absolute atomic E-state index is 0.530. The fourth-order valence-corrected chi connectivity index (χ4v) is 1.61. The van der Waals surface area contributed by atoms with Crippen molar-refractivity contribution in [3.05, 3.63) is 41.1 Å². The molecule has 0 spiro atoms. The number of halogens is 1. The first kappa shape index (κ1) is 9.80. The van der Waals surface area contributed by atoms with Crippen LogP contribution in [0.3, 0.4) is 0 Å². The smallest absolute Gasteiger partial charge is 0.328 e. The van der Waals surface area contributed by atoms with Crippen molar-refractivity contribution < 1.29 is 9.90 Å². The van der Waals surface area contributed by atoms with E-state index >= 15 is 0 Å². The maximum Gasteiger partial charge on any atom is 0.328 e. The van der Waals surface area contributed by atoms with Gasteiger partial charge >= 0.3 is 5.97 Å². The van der Waals surface area contributed by atoms with Gasteiger partial charge in [-0.15, -0.1) is 0 Å². The van der Waals surface area contributed by atoms with Crippen molar-refractivity contribution in [1.82, 2.24) is 4.98 Å². The molecule has 1 aromatic carbocycles. The van der Waals surface area contributed by atoms with Crippen LogP contribution in [-0.2, 0) is 4.79 Å². The lowest BCUT2D eigenvalue weighted by molar-refractivity contribution is -0.131. The fourth-order valence-electron chi connectivity index (χ4n) is 1.38. The summed E-state index contributed by atoms with van der Waals surface area (Å²) in [4.78, 5) is 13.4. The molecular formula is C11H8ClNO2. The topological polar surface area (TPSA) is 53.1 Å². The van der Waals surface area contributed by atoms with Crippen LogP contribution in [0.25, 0.3) is 17.0 Å². The molecule has 0 aliphatic rings. The van der Waals surface area contributed by atoms with Gasteiger partial charge in [0.1, 0.15) is 0 Å². The van der Waals surface area contributed by atoms with Crippen molar-refractivity contribution >= 4 is 34.5 Å². The van der Waals surface area contributed by atoms with Crippen LogP contribution in [0.2, 0.25) is 5.02 Å². The molecule has 0 aliphatic heterocycles. The number of benzene rings is 1. The molecule has 0 aliphatic carbocycles. The number of hydrogen-bond acceptors (Lipinski definition) is 1.